The molecule has 1 N–H and O–H groups in total. The van der Waals surface area contributed by atoms with E-state index >= 15 is 0 Å². The highest BCUT2D eigenvalue weighted by Gasteiger charge is 2.31. The normalized spacial score (nSPS) is 18.2. The minimum absolute atomic E-state index is 0.00791. The molecule has 2 aromatic rings. The zero-order chi connectivity index (χ0) is 16.6. The van der Waals surface area contributed by atoms with Crippen LogP contribution in [0.4, 0.5) is 0 Å². The van der Waals surface area contributed by atoms with Crippen molar-refractivity contribution < 1.29 is 28.6 Å². The summed E-state index contributed by atoms with van der Waals surface area (Å²) in [4.78, 5) is 25.2. The molecule has 1 amide bonds. The number of ether oxygens (including phenoxy) is 2. The summed E-state index contributed by atoms with van der Waals surface area (Å²) >= 11 is 0. The lowest BCUT2D eigenvalue weighted by atomic mass is 10.1. The number of amides is 1. The fourth-order valence-electron chi connectivity index (χ4n) is 2.66. The molecular weight excluding hydrogens is 302 g/mol. The Hall–Kier alpha value is -2.54. The standard InChI is InChI=1S/C16H17NO6/c1-9-11-7-10(21-2)3-4-12(11)23-14(9)15(18)17-5-6-22-13(8-17)16(19)20/h3-4,7,13H,5-6,8H2,1-2H3,(H,19,20)/t13-/m1/s1. The molecular formula is C16H17NO6. The van der Waals surface area contributed by atoms with Gasteiger partial charge in [-0.1, -0.05) is 0 Å². The van der Waals surface area contributed by atoms with Crippen molar-refractivity contribution in [3.8, 4) is 5.75 Å². The number of hydrogen-bond donors (Lipinski definition) is 1. The highest BCUT2D eigenvalue weighted by Crippen LogP contribution is 2.29. The van der Waals surface area contributed by atoms with Gasteiger partial charge in [-0.3, -0.25) is 4.79 Å². The first kappa shape index (κ1) is 15.4. The summed E-state index contributed by atoms with van der Waals surface area (Å²) in [6.07, 6.45) is -1.00. The van der Waals surface area contributed by atoms with Crippen molar-refractivity contribution in [2.45, 2.75) is 13.0 Å². The number of carbonyl (C=O) groups excluding carboxylic acids is 1. The maximum absolute atomic E-state index is 12.7. The molecule has 3 rings (SSSR count). The third-order valence-corrected chi connectivity index (χ3v) is 3.97. The molecule has 0 unspecified atom stereocenters. The summed E-state index contributed by atoms with van der Waals surface area (Å²) in [5.74, 6) is -0.502. The van der Waals surface area contributed by atoms with Crippen LogP contribution in [0.3, 0.4) is 0 Å². The average molecular weight is 319 g/mol. The third kappa shape index (κ3) is 2.75. The van der Waals surface area contributed by atoms with Crippen molar-refractivity contribution >= 4 is 22.8 Å². The number of rotatable bonds is 3. The fourth-order valence-corrected chi connectivity index (χ4v) is 2.66. The van der Waals surface area contributed by atoms with Crippen molar-refractivity contribution in [1.82, 2.24) is 4.90 Å². The van der Waals surface area contributed by atoms with E-state index in [0.717, 1.165) is 5.39 Å². The molecule has 23 heavy (non-hydrogen) atoms. The Balaban J connectivity index is 1.91. The van der Waals surface area contributed by atoms with E-state index < -0.39 is 12.1 Å². The van der Waals surface area contributed by atoms with E-state index in [-0.39, 0.29) is 24.8 Å². The highest BCUT2D eigenvalue weighted by atomic mass is 16.5. The van der Waals surface area contributed by atoms with E-state index in [1.54, 1.807) is 26.2 Å². The van der Waals surface area contributed by atoms with Crippen LogP contribution in [0, 0.1) is 6.92 Å². The Morgan fingerprint density at radius 3 is 2.87 bits per heavy atom. The molecule has 2 heterocycles. The topological polar surface area (TPSA) is 89.2 Å². The number of carboxylic acid groups (broad SMARTS) is 1. The number of methoxy groups -OCH3 is 1. The number of furan rings is 1. The molecule has 7 nitrogen and oxygen atoms in total. The van der Waals surface area contributed by atoms with E-state index in [1.165, 1.54) is 4.90 Å². The van der Waals surface area contributed by atoms with Crippen LogP contribution >= 0.6 is 0 Å². The first-order chi connectivity index (χ1) is 11.0. The molecule has 1 aliphatic rings. The molecule has 1 atom stereocenters. The van der Waals surface area contributed by atoms with E-state index in [4.69, 9.17) is 19.0 Å². The molecule has 0 saturated carbocycles. The van der Waals surface area contributed by atoms with Gasteiger partial charge < -0.3 is 23.9 Å². The molecule has 7 heteroatoms. The van der Waals surface area contributed by atoms with Crippen LogP contribution in [0.1, 0.15) is 16.1 Å². The maximum Gasteiger partial charge on any atom is 0.334 e. The molecule has 0 bridgehead atoms. The lowest BCUT2D eigenvalue weighted by Gasteiger charge is -2.30. The molecule has 1 saturated heterocycles. The second kappa shape index (κ2) is 5.92. The van der Waals surface area contributed by atoms with Crippen molar-refractivity contribution in [2.75, 3.05) is 26.8 Å². The number of morpholine rings is 1. The van der Waals surface area contributed by atoms with Crippen molar-refractivity contribution in [1.29, 1.82) is 0 Å². The summed E-state index contributed by atoms with van der Waals surface area (Å²) in [6.45, 7) is 2.33. The van der Waals surface area contributed by atoms with Crippen LogP contribution in [-0.2, 0) is 9.53 Å². The van der Waals surface area contributed by atoms with Gasteiger partial charge in [0.1, 0.15) is 11.3 Å². The Bertz CT molecular complexity index is 765. The molecule has 1 aliphatic heterocycles. The Labute approximate surface area is 132 Å². The van der Waals surface area contributed by atoms with Gasteiger partial charge in [0, 0.05) is 17.5 Å². The van der Waals surface area contributed by atoms with Crippen molar-refractivity contribution in [3.05, 3.63) is 29.5 Å². The van der Waals surface area contributed by atoms with Gasteiger partial charge >= 0.3 is 5.97 Å². The maximum atomic E-state index is 12.7. The van der Waals surface area contributed by atoms with Crippen LogP contribution in [0.15, 0.2) is 22.6 Å². The predicted molar refractivity (Wildman–Crippen MR) is 80.8 cm³/mol. The monoisotopic (exact) mass is 319 g/mol. The van der Waals surface area contributed by atoms with Gasteiger partial charge in [0.2, 0.25) is 0 Å². The minimum atomic E-state index is -1.08. The van der Waals surface area contributed by atoms with E-state index in [2.05, 4.69) is 0 Å². The van der Waals surface area contributed by atoms with Gasteiger partial charge in [0.15, 0.2) is 11.9 Å². The SMILES string of the molecule is COc1ccc2oc(C(=O)N3CCO[C@@H](C(=O)O)C3)c(C)c2c1. The van der Waals surface area contributed by atoms with Crippen LogP contribution in [0.5, 0.6) is 5.75 Å². The number of aliphatic carboxylic acids is 1. The fraction of sp³-hybridized carbons (Fsp3) is 0.375. The molecule has 1 fully saturated rings. The average Bonchev–Trinajstić information content (AvgIpc) is 2.90. The molecule has 1 aromatic heterocycles. The van der Waals surface area contributed by atoms with Crippen LogP contribution in [-0.4, -0.2) is 54.8 Å². The first-order valence-corrected chi connectivity index (χ1v) is 7.22. The Kier molecular flexibility index (Phi) is 3.96. The van der Waals surface area contributed by atoms with Crippen molar-refractivity contribution in [2.24, 2.45) is 0 Å². The van der Waals surface area contributed by atoms with Crippen LogP contribution in [0.25, 0.3) is 11.0 Å². The Morgan fingerprint density at radius 2 is 2.17 bits per heavy atom. The summed E-state index contributed by atoms with van der Waals surface area (Å²) in [5.41, 5.74) is 1.30. The number of aryl methyl sites for hydroxylation is 1. The number of nitrogens with zero attached hydrogens (tertiary/aromatic N) is 1. The number of carboxylic acids is 1. The lowest BCUT2D eigenvalue weighted by molar-refractivity contribution is -0.154. The molecule has 0 aliphatic carbocycles. The quantitative estimate of drug-likeness (QED) is 0.926. The molecule has 0 radical (unpaired) electrons. The van der Waals surface area contributed by atoms with Gasteiger partial charge in [-0.15, -0.1) is 0 Å². The van der Waals surface area contributed by atoms with E-state index in [0.29, 0.717) is 23.4 Å². The number of fused-ring (bicyclic) bond motifs is 1. The molecule has 122 valence electrons. The van der Waals surface area contributed by atoms with Gasteiger partial charge in [0.05, 0.1) is 20.3 Å². The summed E-state index contributed by atoms with van der Waals surface area (Å²) in [7, 11) is 1.57. The second-order valence-electron chi connectivity index (χ2n) is 5.37. The number of benzene rings is 1. The zero-order valence-electron chi connectivity index (χ0n) is 12.9. The van der Waals surface area contributed by atoms with Gasteiger partial charge in [-0.05, 0) is 25.1 Å². The Morgan fingerprint density at radius 1 is 1.39 bits per heavy atom. The number of hydrogen-bond acceptors (Lipinski definition) is 5. The zero-order valence-corrected chi connectivity index (χ0v) is 12.9. The van der Waals surface area contributed by atoms with Gasteiger partial charge in [0.25, 0.3) is 5.91 Å². The second-order valence-corrected chi connectivity index (χ2v) is 5.37. The van der Waals surface area contributed by atoms with E-state index in [1.807, 2.05) is 6.07 Å². The van der Waals surface area contributed by atoms with Crippen molar-refractivity contribution in [3.63, 3.8) is 0 Å². The third-order valence-electron chi connectivity index (χ3n) is 3.97. The molecule has 0 spiro atoms. The first-order valence-electron chi connectivity index (χ1n) is 7.22. The lowest BCUT2D eigenvalue weighted by Crippen LogP contribution is -2.48. The van der Waals surface area contributed by atoms with Gasteiger partial charge in [-0.25, -0.2) is 4.79 Å². The van der Waals surface area contributed by atoms with E-state index in [9.17, 15) is 9.59 Å². The molecule has 1 aromatic carbocycles. The van der Waals surface area contributed by atoms with Crippen LogP contribution in [0.2, 0.25) is 0 Å². The summed E-state index contributed by atoms with van der Waals surface area (Å²) < 4.78 is 16.0. The summed E-state index contributed by atoms with van der Waals surface area (Å²) in [6, 6.07) is 5.32. The summed E-state index contributed by atoms with van der Waals surface area (Å²) in [5, 5.41) is 9.84. The predicted octanol–water partition coefficient (Wildman–Crippen LogP) is 1.68. The van der Waals surface area contributed by atoms with Gasteiger partial charge in [-0.2, -0.15) is 0 Å². The van der Waals surface area contributed by atoms with Crippen LogP contribution < -0.4 is 4.74 Å². The minimum Gasteiger partial charge on any atom is -0.497 e. The largest absolute Gasteiger partial charge is 0.497 e. The smallest absolute Gasteiger partial charge is 0.334 e. The highest BCUT2D eigenvalue weighted by molar-refractivity contribution is 5.99. The number of carbonyl (C=O) groups is 2.